The summed E-state index contributed by atoms with van der Waals surface area (Å²) in [6, 6.07) is 21.1. The van der Waals surface area contributed by atoms with Crippen LogP contribution in [0, 0.1) is 0 Å². The van der Waals surface area contributed by atoms with Crippen LogP contribution in [0.25, 0.3) is 22.0 Å². The fourth-order valence-electron chi connectivity index (χ4n) is 4.54. The van der Waals surface area contributed by atoms with E-state index in [0.717, 1.165) is 10.9 Å². The number of halogens is 2. The molecule has 0 aliphatic rings. The molecule has 35 heavy (non-hydrogen) atoms. The fraction of sp³-hybridized carbons (Fsp3) is 0.143. The molecule has 2 heterocycles. The molecular weight excluding hydrogens is 465 g/mol. The van der Waals surface area contributed by atoms with Gasteiger partial charge in [0.2, 0.25) is 5.67 Å². The Morgan fingerprint density at radius 2 is 1.71 bits per heavy atom. The lowest BCUT2D eigenvalue weighted by atomic mass is 9.84. The van der Waals surface area contributed by atoms with Gasteiger partial charge in [0.05, 0.1) is 30.8 Å². The summed E-state index contributed by atoms with van der Waals surface area (Å²) in [7, 11) is 5.07. The molecule has 5 aromatic rings. The molecule has 7 heteroatoms. The Bertz CT molecular complexity index is 1610. The Kier molecular flexibility index (Phi) is 5.69. The molecular formula is C28H23ClFN3O2. The number of pyridine rings is 1. The first-order valence-corrected chi connectivity index (χ1v) is 11.4. The van der Waals surface area contributed by atoms with Crippen LogP contribution >= 0.6 is 11.6 Å². The lowest BCUT2D eigenvalue weighted by molar-refractivity contribution is 0.267. The summed E-state index contributed by atoms with van der Waals surface area (Å²) < 4.78 is 26.0. The van der Waals surface area contributed by atoms with Gasteiger partial charge in [-0.05, 0) is 53.1 Å². The molecule has 176 valence electrons. The van der Waals surface area contributed by atoms with Gasteiger partial charge in [0.25, 0.3) is 5.56 Å². The molecule has 3 aromatic carbocycles. The Morgan fingerprint density at radius 1 is 0.971 bits per heavy atom. The standard InChI is InChI=1S/C28H23ClFN3O2/c1-32-17-31-16-26(32)28(30,19-7-10-21(29)11-8-19)20-9-12-25-24(14-20)23(15-27(34)33(25)2)18-5-4-6-22(13-18)35-3/h4-17H,1-3H3/t28-/m1/s1. The van der Waals surface area contributed by atoms with Crippen molar-refractivity contribution in [2.24, 2.45) is 14.1 Å². The number of rotatable bonds is 5. The number of methoxy groups -OCH3 is 1. The average molecular weight is 488 g/mol. The van der Waals surface area contributed by atoms with Crippen molar-refractivity contribution >= 4 is 22.5 Å². The summed E-state index contributed by atoms with van der Waals surface area (Å²) in [5.41, 5.74) is 1.27. The van der Waals surface area contributed by atoms with Gasteiger partial charge in [-0.15, -0.1) is 0 Å². The summed E-state index contributed by atoms with van der Waals surface area (Å²) >= 11 is 6.11. The van der Waals surface area contributed by atoms with Gasteiger partial charge in [-0.2, -0.15) is 0 Å². The minimum Gasteiger partial charge on any atom is -0.497 e. The molecule has 5 nitrogen and oxygen atoms in total. The summed E-state index contributed by atoms with van der Waals surface area (Å²) in [6.07, 6.45) is 3.11. The monoisotopic (exact) mass is 487 g/mol. The SMILES string of the molecule is COc1cccc(-c2cc(=O)n(C)c3ccc([C@](F)(c4ccc(Cl)cc4)c4cncn4C)cc23)c1. The van der Waals surface area contributed by atoms with E-state index in [9.17, 15) is 4.79 Å². The summed E-state index contributed by atoms with van der Waals surface area (Å²) in [5, 5.41) is 1.27. The second kappa shape index (κ2) is 8.71. The Labute approximate surface area is 207 Å². The summed E-state index contributed by atoms with van der Waals surface area (Å²) in [4.78, 5) is 16.9. The van der Waals surface area contributed by atoms with Gasteiger partial charge in [0.1, 0.15) is 5.75 Å². The molecule has 0 fully saturated rings. The van der Waals surface area contributed by atoms with Crippen LogP contribution in [0.5, 0.6) is 5.75 Å². The number of fused-ring (bicyclic) bond motifs is 1. The van der Waals surface area contributed by atoms with E-state index in [1.165, 1.54) is 6.20 Å². The summed E-state index contributed by atoms with van der Waals surface area (Å²) in [6.45, 7) is 0. The highest BCUT2D eigenvalue weighted by Crippen LogP contribution is 2.42. The van der Waals surface area contributed by atoms with Gasteiger partial charge in [-0.25, -0.2) is 9.37 Å². The van der Waals surface area contributed by atoms with E-state index < -0.39 is 5.67 Å². The van der Waals surface area contributed by atoms with Crippen molar-refractivity contribution in [1.82, 2.24) is 14.1 Å². The van der Waals surface area contributed by atoms with E-state index in [1.54, 1.807) is 79.1 Å². The van der Waals surface area contributed by atoms with Gasteiger partial charge < -0.3 is 13.9 Å². The number of ether oxygens (including phenoxy) is 1. The van der Waals surface area contributed by atoms with Crippen LogP contribution in [0.2, 0.25) is 5.02 Å². The van der Waals surface area contributed by atoms with Crippen LogP contribution in [-0.2, 0) is 19.8 Å². The van der Waals surface area contributed by atoms with Gasteiger partial charge in [-0.1, -0.05) is 41.9 Å². The number of hydrogen-bond donors (Lipinski definition) is 0. The number of imidazole rings is 1. The highest BCUT2D eigenvalue weighted by molar-refractivity contribution is 6.30. The van der Waals surface area contributed by atoms with Crippen molar-refractivity contribution in [2.45, 2.75) is 5.67 Å². The van der Waals surface area contributed by atoms with Crippen molar-refractivity contribution in [2.75, 3.05) is 7.11 Å². The molecule has 0 N–H and O–H groups in total. The van der Waals surface area contributed by atoms with Crippen LogP contribution in [0.15, 0.2) is 90.1 Å². The Morgan fingerprint density at radius 3 is 2.40 bits per heavy atom. The number of aromatic nitrogens is 3. The molecule has 0 unspecified atom stereocenters. The zero-order valence-electron chi connectivity index (χ0n) is 19.5. The first kappa shape index (κ1) is 22.9. The van der Waals surface area contributed by atoms with Crippen molar-refractivity contribution < 1.29 is 9.13 Å². The zero-order valence-corrected chi connectivity index (χ0v) is 20.3. The van der Waals surface area contributed by atoms with Crippen molar-refractivity contribution in [3.05, 3.63) is 118 Å². The molecule has 0 radical (unpaired) electrons. The second-order valence-corrected chi connectivity index (χ2v) is 8.91. The molecule has 0 spiro atoms. The van der Waals surface area contributed by atoms with E-state index in [-0.39, 0.29) is 5.56 Å². The van der Waals surface area contributed by atoms with Crippen LogP contribution < -0.4 is 10.3 Å². The third kappa shape index (κ3) is 3.80. The molecule has 0 amide bonds. The Hall–Kier alpha value is -3.90. The molecule has 2 aromatic heterocycles. The minimum atomic E-state index is -2.01. The van der Waals surface area contributed by atoms with Gasteiger partial charge >= 0.3 is 0 Å². The van der Waals surface area contributed by atoms with Crippen LogP contribution in [0.1, 0.15) is 16.8 Å². The zero-order chi connectivity index (χ0) is 24.7. The maximum atomic E-state index is 17.4. The van der Waals surface area contributed by atoms with Gasteiger partial charge in [-0.3, -0.25) is 4.79 Å². The number of hydrogen-bond acceptors (Lipinski definition) is 3. The summed E-state index contributed by atoms with van der Waals surface area (Å²) in [5.74, 6) is 0.670. The van der Waals surface area contributed by atoms with E-state index >= 15 is 4.39 Å². The molecule has 0 bridgehead atoms. The third-order valence-corrected chi connectivity index (χ3v) is 6.69. The second-order valence-electron chi connectivity index (χ2n) is 8.47. The smallest absolute Gasteiger partial charge is 0.251 e. The van der Waals surface area contributed by atoms with Gasteiger partial charge in [0, 0.05) is 36.1 Å². The van der Waals surface area contributed by atoms with E-state index in [2.05, 4.69) is 4.98 Å². The number of aryl methyl sites for hydroxylation is 2. The predicted octanol–water partition coefficient (Wildman–Crippen LogP) is 5.86. The number of benzene rings is 3. The maximum absolute atomic E-state index is 17.4. The topological polar surface area (TPSA) is 49.1 Å². The number of nitrogens with zero attached hydrogens (tertiary/aromatic N) is 3. The average Bonchev–Trinajstić information content (AvgIpc) is 3.32. The number of alkyl halides is 1. The molecule has 1 atom stereocenters. The van der Waals surface area contributed by atoms with Crippen molar-refractivity contribution in [1.29, 1.82) is 0 Å². The highest BCUT2D eigenvalue weighted by Gasteiger charge is 2.39. The molecule has 5 rings (SSSR count). The van der Waals surface area contributed by atoms with Gasteiger partial charge in [0.15, 0.2) is 0 Å². The van der Waals surface area contributed by atoms with Crippen LogP contribution in [0.3, 0.4) is 0 Å². The lowest BCUT2D eigenvalue weighted by Crippen LogP contribution is -2.26. The highest BCUT2D eigenvalue weighted by atomic mass is 35.5. The van der Waals surface area contributed by atoms with Crippen molar-refractivity contribution in [3.63, 3.8) is 0 Å². The molecule has 0 saturated heterocycles. The minimum absolute atomic E-state index is 0.154. The third-order valence-electron chi connectivity index (χ3n) is 6.44. The quantitative estimate of drug-likeness (QED) is 0.312. The molecule has 0 saturated carbocycles. The van der Waals surface area contributed by atoms with E-state index in [4.69, 9.17) is 16.3 Å². The van der Waals surface area contributed by atoms with Crippen molar-refractivity contribution in [3.8, 4) is 16.9 Å². The predicted molar refractivity (Wildman–Crippen MR) is 137 cm³/mol. The van der Waals surface area contributed by atoms with E-state index in [1.807, 2.05) is 30.3 Å². The fourth-order valence-corrected chi connectivity index (χ4v) is 4.66. The molecule has 0 aliphatic heterocycles. The largest absolute Gasteiger partial charge is 0.497 e. The Balaban J connectivity index is 1.83. The first-order valence-electron chi connectivity index (χ1n) is 11.0. The molecule has 0 aliphatic carbocycles. The normalized spacial score (nSPS) is 13.1. The van der Waals surface area contributed by atoms with Crippen LogP contribution in [0.4, 0.5) is 4.39 Å². The van der Waals surface area contributed by atoms with E-state index in [0.29, 0.717) is 38.7 Å². The maximum Gasteiger partial charge on any atom is 0.251 e. The van der Waals surface area contributed by atoms with Crippen LogP contribution in [-0.4, -0.2) is 21.2 Å². The lowest BCUT2D eigenvalue weighted by Gasteiger charge is -2.28. The first-order chi connectivity index (χ1) is 16.8.